The van der Waals surface area contributed by atoms with Gasteiger partial charge >= 0.3 is 0 Å². The lowest BCUT2D eigenvalue weighted by Gasteiger charge is -2.14. The van der Waals surface area contributed by atoms with Crippen LogP contribution in [0.3, 0.4) is 0 Å². The fourth-order valence-corrected chi connectivity index (χ4v) is 2.00. The van der Waals surface area contributed by atoms with E-state index in [2.05, 4.69) is 10.5 Å². The largest absolute Gasteiger partial charge is 0.469 e. The molecule has 0 aromatic carbocycles. The number of nitrogens with zero attached hydrogens (tertiary/aromatic N) is 2. The molecule has 2 aromatic rings. The van der Waals surface area contributed by atoms with E-state index in [0.717, 1.165) is 24.2 Å². The van der Waals surface area contributed by atoms with E-state index in [-0.39, 0.29) is 6.04 Å². The third kappa shape index (κ3) is 2.75. The lowest BCUT2D eigenvalue weighted by Crippen LogP contribution is -2.28. The zero-order chi connectivity index (χ0) is 12.3. The van der Waals surface area contributed by atoms with Crippen molar-refractivity contribution < 1.29 is 4.42 Å². The van der Waals surface area contributed by atoms with Gasteiger partial charge in [0.25, 0.3) is 0 Å². The van der Waals surface area contributed by atoms with E-state index in [1.54, 1.807) is 6.26 Å². The first kappa shape index (κ1) is 11.9. The van der Waals surface area contributed by atoms with Crippen LogP contribution in [0.1, 0.15) is 29.3 Å². The van der Waals surface area contributed by atoms with Gasteiger partial charge in [0.1, 0.15) is 5.76 Å². The SMILES string of the molecule is Cc1occc1C(CCc1cnn(C)c1)NN. The Morgan fingerprint density at radius 3 is 2.94 bits per heavy atom. The molecule has 0 aliphatic rings. The van der Waals surface area contributed by atoms with Crippen LogP contribution in [0.25, 0.3) is 0 Å². The summed E-state index contributed by atoms with van der Waals surface area (Å²) in [7, 11) is 1.92. The van der Waals surface area contributed by atoms with Gasteiger partial charge < -0.3 is 4.42 Å². The van der Waals surface area contributed by atoms with Crippen molar-refractivity contribution in [2.45, 2.75) is 25.8 Å². The molecule has 0 aliphatic carbocycles. The van der Waals surface area contributed by atoms with Crippen molar-refractivity contribution >= 4 is 0 Å². The highest BCUT2D eigenvalue weighted by atomic mass is 16.3. The molecule has 0 amide bonds. The lowest BCUT2D eigenvalue weighted by molar-refractivity contribution is 0.485. The summed E-state index contributed by atoms with van der Waals surface area (Å²) in [6.07, 6.45) is 7.46. The molecule has 0 aliphatic heterocycles. The molecule has 92 valence electrons. The number of furan rings is 1. The van der Waals surface area contributed by atoms with Crippen LogP contribution < -0.4 is 11.3 Å². The maximum atomic E-state index is 5.59. The van der Waals surface area contributed by atoms with Crippen molar-refractivity contribution in [3.8, 4) is 0 Å². The topological polar surface area (TPSA) is 69.0 Å². The highest BCUT2D eigenvalue weighted by Crippen LogP contribution is 2.22. The van der Waals surface area contributed by atoms with Crippen molar-refractivity contribution in [1.29, 1.82) is 0 Å². The summed E-state index contributed by atoms with van der Waals surface area (Å²) in [4.78, 5) is 0. The minimum Gasteiger partial charge on any atom is -0.469 e. The van der Waals surface area contributed by atoms with Crippen LogP contribution in [0.15, 0.2) is 29.1 Å². The van der Waals surface area contributed by atoms with Gasteiger partial charge in [-0.25, -0.2) is 0 Å². The van der Waals surface area contributed by atoms with Gasteiger partial charge in [0.15, 0.2) is 0 Å². The number of nitrogens with two attached hydrogens (primary N) is 1. The molecule has 0 bridgehead atoms. The number of hydrogen-bond acceptors (Lipinski definition) is 4. The first-order valence-corrected chi connectivity index (χ1v) is 5.68. The van der Waals surface area contributed by atoms with Crippen molar-refractivity contribution in [3.05, 3.63) is 41.6 Å². The van der Waals surface area contributed by atoms with Gasteiger partial charge in [-0.15, -0.1) is 0 Å². The van der Waals surface area contributed by atoms with E-state index in [9.17, 15) is 0 Å². The number of hydrogen-bond donors (Lipinski definition) is 2. The van der Waals surface area contributed by atoms with Gasteiger partial charge in [0.2, 0.25) is 0 Å². The number of hydrazine groups is 1. The standard InChI is InChI=1S/C12H18N4O/c1-9-11(5-6-17-9)12(15-13)4-3-10-7-14-16(2)8-10/h5-8,12,15H,3-4,13H2,1-2H3. The smallest absolute Gasteiger partial charge is 0.105 e. The molecule has 1 atom stereocenters. The summed E-state index contributed by atoms with van der Waals surface area (Å²) >= 11 is 0. The molecule has 0 spiro atoms. The van der Waals surface area contributed by atoms with E-state index < -0.39 is 0 Å². The summed E-state index contributed by atoms with van der Waals surface area (Å²) in [5.41, 5.74) is 5.17. The molecule has 1 unspecified atom stereocenters. The molecule has 2 heterocycles. The van der Waals surface area contributed by atoms with E-state index in [1.165, 1.54) is 5.56 Å². The second-order valence-electron chi connectivity index (χ2n) is 4.21. The van der Waals surface area contributed by atoms with E-state index in [0.29, 0.717) is 0 Å². The Morgan fingerprint density at radius 2 is 2.41 bits per heavy atom. The second kappa shape index (κ2) is 5.16. The third-order valence-corrected chi connectivity index (χ3v) is 2.96. The normalized spacial score (nSPS) is 12.9. The number of nitrogens with one attached hydrogen (secondary N) is 1. The zero-order valence-corrected chi connectivity index (χ0v) is 10.2. The first-order valence-electron chi connectivity index (χ1n) is 5.68. The Bertz CT molecular complexity index is 474. The summed E-state index contributed by atoms with van der Waals surface area (Å²) in [6, 6.07) is 2.08. The molecule has 2 aromatic heterocycles. The summed E-state index contributed by atoms with van der Waals surface area (Å²) < 4.78 is 7.10. The summed E-state index contributed by atoms with van der Waals surface area (Å²) in [6.45, 7) is 1.95. The number of aryl methyl sites for hydroxylation is 3. The minimum atomic E-state index is 0.119. The predicted molar refractivity (Wildman–Crippen MR) is 65.0 cm³/mol. The van der Waals surface area contributed by atoms with Gasteiger partial charge in [-0.2, -0.15) is 5.10 Å². The highest BCUT2D eigenvalue weighted by molar-refractivity contribution is 5.20. The van der Waals surface area contributed by atoms with Crippen molar-refractivity contribution in [3.63, 3.8) is 0 Å². The minimum absolute atomic E-state index is 0.119. The Labute approximate surface area is 101 Å². The van der Waals surface area contributed by atoms with Crippen LogP contribution in [0.4, 0.5) is 0 Å². The monoisotopic (exact) mass is 234 g/mol. The van der Waals surface area contributed by atoms with Crippen LogP contribution in [0, 0.1) is 6.92 Å². The fraction of sp³-hybridized carbons (Fsp3) is 0.417. The van der Waals surface area contributed by atoms with Crippen molar-refractivity contribution in [2.75, 3.05) is 0 Å². The van der Waals surface area contributed by atoms with Gasteiger partial charge in [-0.1, -0.05) is 0 Å². The van der Waals surface area contributed by atoms with Gasteiger partial charge in [-0.05, 0) is 31.4 Å². The Balaban J connectivity index is 1.99. The Morgan fingerprint density at radius 1 is 1.59 bits per heavy atom. The zero-order valence-electron chi connectivity index (χ0n) is 10.2. The number of aromatic nitrogens is 2. The predicted octanol–water partition coefficient (Wildman–Crippen LogP) is 1.46. The molecule has 5 heteroatoms. The van der Waals surface area contributed by atoms with E-state index >= 15 is 0 Å². The molecular formula is C12H18N4O. The van der Waals surface area contributed by atoms with E-state index in [1.807, 2.05) is 37.1 Å². The molecule has 0 saturated heterocycles. The lowest BCUT2D eigenvalue weighted by atomic mass is 10.0. The van der Waals surface area contributed by atoms with Crippen LogP contribution in [-0.2, 0) is 13.5 Å². The molecule has 2 rings (SSSR count). The molecule has 0 fully saturated rings. The molecule has 0 radical (unpaired) electrons. The molecule has 17 heavy (non-hydrogen) atoms. The first-order chi connectivity index (χ1) is 8.20. The van der Waals surface area contributed by atoms with Gasteiger partial charge in [-0.3, -0.25) is 16.0 Å². The van der Waals surface area contributed by atoms with Crippen LogP contribution in [-0.4, -0.2) is 9.78 Å². The molecular weight excluding hydrogens is 216 g/mol. The highest BCUT2D eigenvalue weighted by Gasteiger charge is 2.14. The fourth-order valence-electron chi connectivity index (χ4n) is 2.00. The Kier molecular flexibility index (Phi) is 3.61. The Hall–Kier alpha value is -1.59. The van der Waals surface area contributed by atoms with Crippen LogP contribution >= 0.6 is 0 Å². The van der Waals surface area contributed by atoms with Crippen molar-refractivity contribution in [2.24, 2.45) is 12.9 Å². The molecule has 5 nitrogen and oxygen atoms in total. The summed E-state index contributed by atoms with van der Waals surface area (Å²) in [5.74, 6) is 6.51. The maximum Gasteiger partial charge on any atom is 0.105 e. The average Bonchev–Trinajstić information content (AvgIpc) is 2.90. The van der Waals surface area contributed by atoms with Crippen LogP contribution in [0.2, 0.25) is 0 Å². The quantitative estimate of drug-likeness (QED) is 0.607. The van der Waals surface area contributed by atoms with E-state index in [4.69, 9.17) is 10.3 Å². The second-order valence-corrected chi connectivity index (χ2v) is 4.21. The molecule has 0 saturated carbocycles. The summed E-state index contributed by atoms with van der Waals surface area (Å²) in [5, 5.41) is 4.15. The number of rotatable bonds is 5. The third-order valence-electron chi connectivity index (χ3n) is 2.96. The van der Waals surface area contributed by atoms with Crippen LogP contribution in [0.5, 0.6) is 0 Å². The maximum absolute atomic E-state index is 5.59. The average molecular weight is 234 g/mol. The van der Waals surface area contributed by atoms with Crippen molar-refractivity contribution in [1.82, 2.24) is 15.2 Å². The van der Waals surface area contributed by atoms with Gasteiger partial charge in [0, 0.05) is 24.8 Å². The van der Waals surface area contributed by atoms with Gasteiger partial charge in [0.05, 0.1) is 12.5 Å². The molecule has 3 N–H and O–H groups in total.